The molecule has 0 spiro atoms. The molecule has 0 unspecified atom stereocenters. The van der Waals surface area contributed by atoms with Gasteiger partial charge in [-0.15, -0.1) is 0 Å². The van der Waals surface area contributed by atoms with E-state index >= 15 is 0 Å². The first-order valence-electron chi connectivity index (χ1n) is 9.73. The quantitative estimate of drug-likeness (QED) is 0.801. The number of piperidine rings is 1. The summed E-state index contributed by atoms with van der Waals surface area (Å²) >= 11 is 0. The highest BCUT2D eigenvalue weighted by atomic mass is 16.5. The minimum Gasteiger partial charge on any atom is -0.381 e. The highest BCUT2D eigenvalue weighted by molar-refractivity contribution is 5.79. The number of rotatable bonds is 3. The van der Waals surface area contributed by atoms with Crippen molar-refractivity contribution in [3.8, 4) is 0 Å². The number of amides is 1. The molecular formula is C19H34N2O2. The van der Waals surface area contributed by atoms with E-state index in [-0.39, 0.29) is 5.92 Å². The van der Waals surface area contributed by atoms with Gasteiger partial charge in [-0.25, -0.2) is 0 Å². The van der Waals surface area contributed by atoms with Crippen LogP contribution in [0.2, 0.25) is 0 Å². The third-order valence-electron chi connectivity index (χ3n) is 6.39. The van der Waals surface area contributed by atoms with Gasteiger partial charge in [0.15, 0.2) is 0 Å². The molecular weight excluding hydrogens is 288 g/mol. The highest BCUT2D eigenvalue weighted by Crippen LogP contribution is 2.31. The van der Waals surface area contributed by atoms with E-state index in [9.17, 15) is 4.79 Å². The maximum absolute atomic E-state index is 12.8. The zero-order chi connectivity index (χ0) is 16.2. The van der Waals surface area contributed by atoms with E-state index in [0.717, 1.165) is 57.9 Å². The minimum absolute atomic E-state index is 0.289. The Morgan fingerprint density at radius 3 is 2.39 bits per heavy atom. The SMILES string of the molecule is C[C@@H]1CCC[C@@H](C(=O)N(C)C2CCN(C3CCOCC3)CC2)C1. The molecule has 2 heterocycles. The molecule has 0 aromatic heterocycles. The first-order valence-corrected chi connectivity index (χ1v) is 9.73. The predicted molar refractivity (Wildman–Crippen MR) is 92.3 cm³/mol. The molecule has 3 fully saturated rings. The Balaban J connectivity index is 1.47. The summed E-state index contributed by atoms with van der Waals surface area (Å²) in [5.41, 5.74) is 0. The Morgan fingerprint density at radius 2 is 1.74 bits per heavy atom. The van der Waals surface area contributed by atoms with Gasteiger partial charge in [-0.2, -0.15) is 0 Å². The number of ether oxygens (including phenoxy) is 1. The second-order valence-corrected chi connectivity index (χ2v) is 8.03. The lowest BCUT2D eigenvalue weighted by Crippen LogP contribution is -2.50. The van der Waals surface area contributed by atoms with Crippen molar-refractivity contribution in [2.45, 2.75) is 70.4 Å². The van der Waals surface area contributed by atoms with Crippen molar-refractivity contribution in [2.75, 3.05) is 33.4 Å². The maximum Gasteiger partial charge on any atom is 0.225 e. The van der Waals surface area contributed by atoms with Crippen LogP contribution in [-0.2, 0) is 9.53 Å². The Labute approximate surface area is 141 Å². The summed E-state index contributed by atoms with van der Waals surface area (Å²) in [6, 6.07) is 1.17. The summed E-state index contributed by atoms with van der Waals surface area (Å²) in [5, 5.41) is 0. The zero-order valence-electron chi connectivity index (χ0n) is 15.0. The van der Waals surface area contributed by atoms with Crippen LogP contribution in [0.1, 0.15) is 58.3 Å². The molecule has 2 saturated heterocycles. The fourth-order valence-corrected chi connectivity index (χ4v) is 4.81. The number of nitrogens with zero attached hydrogens (tertiary/aromatic N) is 2. The van der Waals surface area contributed by atoms with E-state index in [1.807, 2.05) is 0 Å². The van der Waals surface area contributed by atoms with Crippen molar-refractivity contribution in [3.05, 3.63) is 0 Å². The van der Waals surface area contributed by atoms with Crippen LogP contribution in [0, 0.1) is 11.8 Å². The number of hydrogen-bond donors (Lipinski definition) is 0. The molecule has 1 saturated carbocycles. The van der Waals surface area contributed by atoms with E-state index in [2.05, 4.69) is 23.8 Å². The van der Waals surface area contributed by atoms with E-state index in [4.69, 9.17) is 4.74 Å². The van der Waals surface area contributed by atoms with Crippen molar-refractivity contribution >= 4 is 5.91 Å². The van der Waals surface area contributed by atoms with E-state index in [1.165, 1.54) is 25.7 Å². The molecule has 0 radical (unpaired) electrons. The Bertz CT molecular complexity index is 387. The van der Waals surface area contributed by atoms with Crippen molar-refractivity contribution < 1.29 is 9.53 Å². The summed E-state index contributed by atoms with van der Waals surface area (Å²) in [5.74, 6) is 1.43. The first kappa shape index (κ1) is 17.2. The smallest absolute Gasteiger partial charge is 0.225 e. The van der Waals surface area contributed by atoms with Gasteiger partial charge in [0.1, 0.15) is 0 Å². The van der Waals surface area contributed by atoms with Crippen LogP contribution >= 0.6 is 0 Å². The molecule has 2 aliphatic heterocycles. The average Bonchev–Trinajstić information content (AvgIpc) is 2.61. The second kappa shape index (κ2) is 7.98. The van der Waals surface area contributed by atoms with Crippen LogP contribution in [0.25, 0.3) is 0 Å². The molecule has 132 valence electrons. The summed E-state index contributed by atoms with van der Waals surface area (Å²) in [6.45, 7) is 6.43. The van der Waals surface area contributed by atoms with Gasteiger partial charge >= 0.3 is 0 Å². The fraction of sp³-hybridized carbons (Fsp3) is 0.947. The van der Waals surface area contributed by atoms with Crippen LogP contribution in [-0.4, -0.2) is 61.1 Å². The lowest BCUT2D eigenvalue weighted by atomic mass is 9.81. The third kappa shape index (κ3) is 4.27. The molecule has 0 aromatic rings. The Morgan fingerprint density at radius 1 is 1.04 bits per heavy atom. The third-order valence-corrected chi connectivity index (χ3v) is 6.39. The van der Waals surface area contributed by atoms with Crippen LogP contribution < -0.4 is 0 Å². The summed E-state index contributed by atoms with van der Waals surface area (Å²) < 4.78 is 5.48. The Hall–Kier alpha value is -0.610. The molecule has 1 aliphatic carbocycles. The van der Waals surface area contributed by atoms with Crippen molar-refractivity contribution in [3.63, 3.8) is 0 Å². The van der Waals surface area contributed by atoms with Gasteiger partial charge in [-0.3, -0.25) is 4.79 Å². The largest absolute Gasteiger partial charge is 0.381 e. The van der Waals surface area contributed by atoms with E-state index < -0.39 is 0 Å². The number of hydrogen-bond acceptors (Lipinski definition) is 3. The van der Waals surface area contributed by atoms with Crippen molar-refractivity contribution in [2.24, 2.45) is 11.8 Å². The fourth-order valence-electron chi connectivity index (χ4n) is 4.81. The molecule has 0 aromatic carbocycles. The minimum atomic E-state index is 0.289. The number of likely N-dealkylation sites (tertiary alicyclic amines) is 1. The monoisotopic (exact) mass is 322 g/mol. The molecule has 1 amide bonds. The molecule has 3 aliphatic rings. The van der Waals surface area contributed by atoms with Crippen molar-refractivity contribution in [1.29, 1.82) is 0 Å². The molecule has 4 heteroatoms. The van der Waals surface area contributed by atoms with Crippen molar-refractivity contribution in [1.82, 2.24) is 9.80 Å². The maximum atomic E-state index is 12.8. The lowest BCUT2D eigenvalue weighted by molar-refractivity contribution is -0.139. The number of carbonyl (C=O) groups excluding carboxylic acids is 1. The Kier molecular flexibility index (Phi) is 5.97. The second-order valence-electron chi connectivity index (χ2n) is 8.03. The van der Waals surface area contributed by atoms with E-state index in [1.54, 1.807) is 0 Å². The van der Waals surface area contributed by atoms with Gasteiger partial charge in [-0.1, -0.05) is 19.8 Å². The predicted octanol–water partition coefficient (Wildman–Crippen LogP) is 2.91. The summed E-state index contributed by atoms with van der Waals surface area (Å²) in [4.78, 5) is 17.6. The molecule has 2 atom stereocenters. The van der Waals surface area contributed by atoms with Gasteiger partial charge in [0, 0.05) is 51.4 Å². The average molecular weight is 322 g/mol. The lowest BCUT2D eigenvalue weighted by Gasteiger charge is -2.42. The van der Waals surface area contributed by atoms with Crippen LogP contribution in [0.3, 0.4) is 0 Å². The molecule has 3 rings (SSSR count). The highest BCUT2D eigenvalue weighted by Gasteiger charge is 2.33. The van der Waals surface area contributed by atoms with Crippen LogP contribution in [0.15, 0.2) is 0 Å². The zero-order valence-corrected chi connectivity index (χ0v) is 15.0. The topological polar surface area (TPSA) is 32.8 Å². The number of carbonyl (C=O) groups is 1. The van der Waals surface area contributed by atoms with Gasteiger partial charge in [-0.05, 0) is 44.4 Å². The van der Waals surface area contributed by atoms with Gasteiger partial charge < -0.3 is 14.5 Å². The normalized spacial score (nSPS) is 31.9. The first-order chi connectivity index (χ1) is 11.1. The van der Waals surface area contributed by atoms with Crippen LogP contribution in [0.5, 0.6) is 0 Å². The molecule has 4 nitrogen and oxygen atoms in total. The molecule has 23 heavy (non-hydrogen) atoms. The standard InChI is InChI=1S/C19H34N2O2/c1-15-4-3-5-16(14-15)19(22)20(2)17-6-10-21(11-7-17)18-8-12-23-13-9-18/h15-18H,3-14H2,1-2H3/t15-,16-/m1/s1. The van der Waals surface area contributed by atoms with E-state index in [0.29, 0.717) is 18.0 Å². The molecule has 0 bridgehead atoms. The molecule has 0 N–H and O–H groups in total. The van der Waals surface area contributed by atoms with Gasteiger partial charge in [0.25, 0.3) is 0 Å². The van der Waals surface area contributed by atoms with Crippen LogP contribution in [0.4, 0.5) is 0 Å². The van der Waals surface area contributed by atoms with Gasteiger partial charge in [0.2, 0.25) is 5.91 Å². The summed E-state index contributed by atoms with van der Waals surface area (Å²) in [7, 11) is 2.05. The van der Waals surface area contributed by atoms with Gasteiger partial charge in [0.05, 0.1) is 0 Å². The summed E-state index contributed by atoms with van der Waals surface area (Å²) in [6.07, 6.45) is 9.38.